The Balaban J connectivity index is 0.00000132. The molecule has 1 aromatic rings. The Hall–Kier alpha value is -0.0300. The van der Waals surface area contributed by atoms with Crippen molar-refractivity contribution in [3.05, 3.63) is 34.3 Å². The van der Waals surface area contributed by atoms with Crippen molar-refractivity contribution in [2.75, 3.05) is 39.4 Å². The summed E-state index contributed by atoms with van der Waals surface area (Å²) >= 11 is 6.15. The lowest BCUT2D eigenvalue weighted by Gasteiger charge is -2.41. The van der Waals surface area contributed by atoms with Crippen molar-refractivity contribution >= 4 is 36.4 Å². The molecule has 132 valence electrons. The zero-order valence-electron chi connectivity index (χ0n) is 13.6. The summed E-state index contributed by atoms with van der Waals surface area (Å²) in [5.41, 5.74) is 2.77. The Morgan fingerprint density at radius 3 is 2.43 bits per heavy atom. The summed E-state index contributed by atoms with van der Waals surface area (Å²) in [7, 11) is 0. The molecule has 2 fully saturated rings. The van der Waals surface area contributed by atoms with Gasteiger partial charge in [0.15, 0.2) is 0 Å². The van der Waals surface area contributed by atoms with Gasteiger partial charge in [0.05, 0.1) is 0 Å². The van der Waals surface area contributed by atoms with E-state index in [9.17, 15) is 0 Å². The highest BCUT2D eigenvalue weighted by Gasteiger charge is 2.32. The Morgan fingerprint density at radius 1 is 1.17 bits per heavy atom. The molecule has 6 heteroatoms. The lowest BCUT2D eigenvalue weighted by molar-refractivity contribution is 0.0211. The summed E-state index contributed by atoms with van der Waals surface area (Å²) in [5.74, 6) is 0.691. The average Bonchev–Trinajstić information content (AvgIpc) is 2.52. The van der Waals surface area contributed by atoms with Crippen LogP contribution in [0.3, 0.4) is 0 Å². The third-order valence-corrected chi connectivity index (χ3v) is 5.04. The van der Waals surface area contributed by atoms with Crippen LogP contribution in [0.25, 0.3) is 0 Å². The number of halogens is 3. The lowest BCUT2D eigenvalue weighted by atomic mass is 9.84. The second kappa shape index (κ2) is 10.1. The Labute approximate surface area is 156 Å². The molecule has 1 aromatic carbocycles. The van der Waals surface area contributed by atoms with Gasteiger partial charge in [0.1, 0.15) is 0 Å². The molecule has 23 heavy (non-hydrogen) atoms. The predicted molar refractivity (Wildman–Crippen MR) is 101 cm³/mol. The topological polar surface area (TPSA) is 24.5 Å². The highest BCUT2D eigenvalue weighted by molar-refractivity contribution is 6.30. The minimum Gasteiger partial charge on any atom is -0.381 e. The monoisotopic (exact) mass is 380 g/mol. The second-order valence-electron chi connectivity index (χ2n) is 6.18. The maximum atomic E-state index is 6.15. The molecule has 0 aromatic heterocycles. The number of nitrogens with one attached hydrogen (secondary N) is 1. The number of piperazine rings is 1. The van der Waals surface area contributed by atoms with Crippen LogP contribution in [0.15, 0.2) is 18.2 Å². The molecule has 1 atom stereocenters. The van der Waals surface area contributed by atoms with E-state index < -0.39 is 0 Å². The molecule has 2 aliphatic heterocycles. The van der Waals surface area contributed by atoms with Crippen molar-refractivity contribution in [3.8, 4) is 0 Å². The van der Waals surface area contributed by atoms with E-state index in [-0.39, 0.29) is 24.8 Å². The van der Waals surface area contributed by atoms with Crippen LogP contribution in [0.4, 0.5) is 0 Å². The molecule has 0 bridgehead atoms. The van der Waals surface area contributed by atoms with E-state index in [1.54, 1.807) is 0 Å². The van der Waals surface area contributed by atoms with Gasteiger partial charge in [-0.05, 0) is 48.9 Å². The minimum absolute atomic E-state index is 0. The Morgan fingerprint density at radius 2 is 1.83 bits per heavy atom. The van der Waals surface area contributed by atoms with Crippen LogP contribution in [-0.2, 0) is 4.74 Å². The standard InChI is InChI=1S/C17H25ClN2O.2ClH/c1-13-12-15(18)2-3-16(13)17(14-4-10-21-11-5-14)20-8-6-19-7-9-20;;/h2-3,12,14,17,19H,4-11H2,1H3;2*1H/t17-;;/m0../s1. The summed E-state index contributed by atoms with van der Waals surface area (Å²) in [6.07, 6.45) is 2.33. The molecule has 2 heterocycles. The zero-order valence-corrected chi connectivity index (χ0v) is 16.0. The SMILES string of the molecule is Cc1cc(Cl)ccc1[C@H](C1CCOCC1)N1CCNCC1.Cl.Cl. The summed E-state index contributed by atoms with van der Waals surface area (Å²) in [6.45, 7) is 8.43. The number of hydrogen-bond acceptors (Lipinski definition) is 3. The quantitative estimate of drug-likeness (QED) is 0.860. The first kappa shape index (κ1) is 21.0. The van der Waals surface area contributed by atoms with Gasteiger partial charge in [0.25, 0.3) is 0 Å². The number of rotatable bonds is 3. The average molecular weight is 382 g/mol. The van der Waals surface area contributed by atoms with Crippen LogP contribution in [0.1, 0.15) is 30.0 Å². The highest BCUT2D eigenvalue weighted by Crippen LogP contribution is 2.37. The van der Waals surface area contributed by atoms with Crippen molar-refractivity contribution in [3.63, 3.8) is 0 Å². The maximum Gasteiger partial charge on any atom is 0.0469 e. The van der Waals surface area contributed by atoms with Crippen molar-refractivity contribution in [1.29, 1.82) is 0 Å². The smallest absolute Gasteiger partial charge is 0.0469 e. The number of aryl methyl sites for hydroxylation is 1. The van der Waals surface area contributed by atoms with Gasteiger partial charge in [-0.3, -0.25) is 4.90 Å². The molecule has 2 aliphatic rings. The van der Waals surface area contributed by atoms with Gasteiger partial charge in [0.2, 0.25) is 0 Å². The van der Waals surface area contributed by atoms with Gasteiger partial charge in [-0.15, -0.1) is 24.8 Å². The van der Waals surface area contributed by atoms with Crippen molar-refractivity contribution in [1.82, 2.24) is 10.2 Å². The molecule has 3 nitrogen and oxygen atoms in total. The molecule has 2 saturated heterocycles. The Bertz CT molecular complexity index is 457. The lowest BCUT2D eigenvalue weighted by Crippen LogP contribution is -2.47. The van der Waals surface area contributed by atoms with Crippen molar-refractivity contribution in [2.24, 2.45) is 5.92 Å². The van der Waals surface area contributed by atoms with E-state index in [1.165, 1.54) is 11.1 Å². The van der Waals surface area contributed by atoms with Gasteiger partial charge >= 0.3 is 0 Å². The second-order valence-corrected chi connectivity index (χ2v) is 6.62. The van der Waals surface area contributed by atoms with Crippen LogP contribution in [0.2, 0.25) is 5.02 Å². The minimum atomic E-state index is 0. The molecule has 0 radical (unpaired) electrons. The molecule has 0 amide bonds. The summed E-state index contributed by atoms with van der Waals surface area (Å²) in [5, 5.41) is 4.30. The van der Waals surface area contributed by atoms with Crippen LogP contribution < -0.4 is 5.32 Å². The Kier molecular flexibility index (Phi) is 9.20. The number of nitrogens with zero attached hydrogens (tertiary/aromatic N) is 1. The van der Waals surface area contributed by atoms with Crippen molar-refractivity contribution in [2.45, 2.75) is 25.8 Å². The third-order valence-electron chi connectivity index (χ3n) is 4.81. The van der Waals surface area contributed by atoms with E-state index in [1.807, 2.05) is 6.07 Å². The summed E-state index contributed by atoms with van der Waals surface area (Å²) in [4.78, 5) is 2.66. The van der Waals surface area contributed by atoms with E-state index in [2.05, 4.69) is 29.3 Å². The van der Waals surface area contributed by atoms with E-state index in [0.717, 1.165) is 57.3 Å². The number of ether oxygens (including phenoxy) is 1. The largest absolute Gasteiger partial charge is 0.381 e. The van der Waals surface area contributed by atoms with Gasteiger partial charge in [-0.25, -0.2) is 0 Å². The fraction of sp³-hybridized carbons (Fsp3) is 0.647. The van der Waals surface area contributed by atoms with E-state index in [4.69, 9.17) is 16.3 Å². The molecule has 0 aliphatic carbocycles. The number of benzene rings is 1. The van der Waals surface area contributed by atoms with Crippen LogP contribution >= 0.6 is 36.4 Å². The fourth-order valence-electron chi connectivity index (χ4n) is 3.71. The van der Waals surface area contributed by atoms with Crippen LogP contribution in [0.5, 0.6) is 0 Å². The van der Waals surface area contributed by atoms with E-state index in [0.29, 0.717) is 12.0 Å². The molecule has 0 saturated carbocycles. The third kappa shape index (κ3) is 5.22. The number of hydrogen-bond donors (Lipinski definition) is 1. The van der Waals surface area contributed by atoms with Crippen LogP contribution in [0, 0.1) is 12.8 Å². The molecular formula is C17H27Cl3N2O. The first-order valence-electron chi connectivity index (χ1n) is 8.04. The molecule has 3 rings (SSSR count). The maximum absolute atomic E-state index is 6.15. The summed E-state index contributed by atoms with van der Waals surface area (Å²) < 4.78 is 5.57. The molecule has 0 spiro atoms. The molecular weight excluding hydrogens is 355 g/mol. The van der Waals surface area contributed by atoms with Gasteiger partial charge in [-0.2, -0.15) is 0 Å². The first-order chi connectivity index (χ1) is 10.3. The van der Waals surface area contributed by atoms with E-state index >= 15 is 0 Å². The molecule has 0 unspecified atom stereocenters. The van der Waals surface area contributed by atoms with Gasteiger partial charge in [0, 0.05) is 50.5 Å². The van der Waals surface area contributed by atoms with Crippen LogP contribution in [-0.4, -0.2) is 44.3 Å². The van der Waals surface area contributed by atoms with Gasteiger partial charge in [-0.1, -0.05) is 17.7 Å². The first-order valence-corrected chi connectivity index (χ1v) is 8.42. The predicted octanol–water partition coefficient (Wildman–Crippen LogP) is 3.86. The fourth-order valence-corrected chi connectivity index (χ4v) is 3.94. The van der Waals surface area contributed by atoms with Gasteiger partial charge < -0.3 is 10.1 Å². The normalized spacial score (nSPS) is 21.1. The highest BCUT2D eigenvalue weighted by atomic mass is 35.5. The summed E-state index contributed by atoms with van der Waals surface area (Å²) in [6, 6.07) is 6.89. The molecule has 1 N–H and O–H groups in total. The zero-order chi connectivity index (χ0) is 14.7. The van der Waals surface area contributed by atoms with Crippen molar-refractivity contribution < 1.29 is 4.74 Å².